The van der Waals surface area contributed by atoms with Crippen LogP contribution in [0.5, 0.6) is 0 Å². The maximum absolute atomic E-state index is 12.3. The van der Waals surface area contributed by atoms with Crippen LogP contribution in [0.25, 0.3) is 0 Å². The van der Waals surface area contributed by atoms with Crippen LogP contribution in [0, 0.1) is 5.41 Å². The van der Waals surface area contributed by atoms with E-state index in [0.717, 1.165) is 5.56 Å². The Labute approximate surface area is 112 Å². The van der Waals surface area contributed by atoms with Gasteiger partial charge in [0.1, 0.15) is 5.41 Å². The Kier molecular flexibility index (Phi) is 3.55. The molecule has 0 saturated carbocycles. The molecule has 0 spiro atoms. The number of esters is 1. The van der Waals surface area contributed by atoms with Gasteiger partial charge in [-0.05, 0) is 31.9 Å². The van der Waals surface area contributed by atoms with E-state index >= 15 is 0 Å². The fraction of sp³-hybridized carbons (Fsp3) is 0.500. The Morgan fingerprint density at radius 3 is 2.95 bits per heavy atom. The average Bonchev–Trinajstić information content (AvgIpc) is 2.66. The summed E-state index contributed by atoms with van der Waals surface area (Å²) in [5, 5.41) is 0. The van der Waals surface area contributed by atoms with Crippen LogP contribution in [0.4, 0.5) is 0 Å². The maximum Gasteiger partial charge on any atom is 0.321 e. The summed E-state index contributed by atoms with van der Waals surface area (Å²) >= 11 is 0. The number of carbonyl (C=O) groups excluding carboxylic acids is 2. The smallest absolute Gasteiger partial charge is 0.321 e. The molecule has 1 amide bonds. The highest BCUT2D eigenvalue weighted by molar-refractivity contribution is 6.04. The lowest BCUT2D eigenvalue weighted by molar-refractivity contribution is -0.159. The van der Waals surface area contributed by atoms with Gasteiger partial charge < -0.3 is 9.64 Å². The summed E-state index contributed by atoms with van der Waals surface area (Å²) in [5.41, 5.74) is -0.156. The molecule has 5 heteroatoms. The van der Waals surface area contributed by atoms with Crippen LogP contribution in [-0.4, -0.2) is 35.4 Å². The minimum absolute atomic E-state index is 0.129. The predicted octanol–water partition coefficient (Wildman–Crippen LogP) is 1.55. The van der Waals surface area contributed by atoms with Gasteiger partial charge in [0.15, 0.2) is 0 Å². The first-order valence-electron chi connectivity index (χ1n) is 6.35. The predicted molar refractivity (Wildman–Crippen MR) is 69.1 cm³/mol. The van der Waals surface area contributed by atoms with Gasteiger partial charge in [0.05, 0.1) is 12.6 Å². The Morgan fingerprint density at radius 1 is 1.63 bits per heavy atom. The first-order chi connectivity index (χ1) is 9.00. The second-order valence-corrected chi connectivity index (χ2v) is 4.97. The van der Waals surface area contributed by atoms with E-state index in [1.54, 1.807) is 38.2 Å². The summed E-state index contributed by atoms with van der Waals surface area (Å²) in [6, 6.07) is 3.61. The molecule has 1 aliphatic rings. The van der Waals surface area contributed by atoms with Gasteiger partial charge >= 0.3 is 5.97 Å². The molecular weight excluding hydrogens is 244 g/mol. The quantitative estimate of drug-likeness (QED) is 0.612. The van der Waals surface area contributed by atoms with Crippen LogP contribution >= 0.6 is 0 Å². The second kappa shape index (κ2) is 4.99. The molecule has 2 heterocycles. The maximum atomic E-state index is 12.3. The van der Waals surface area contributed by atoms with E-state index in [9.17, 15) is 9.59 Å². The molecule has 1 fully saturated rings. The number of likely N-dealkylation sites (tertiary alicyclic amines) is 1. The second-order valence-electron chi connectivity index (χ2n) is 4.97. The molecule has 102 valence electrons. The fourth-order valence-corrected chi connectivity index (χ4v) is 2.52. The summed E-state index contributed by atoms with van der Waals surface area (Å²) in [6.07, 6.45) is 3.84. The van der Waals surface area contributed by atoms with Crippen molar-refractivity contribution in [3.05, 3.63) is 30.1 Å². The van der Waals surface area contributed by atoms with Gasteiger partial charge in [0.2, 0.25) is 5.91 Å². The lowest BCUT2D eigenvalue weighted by Crippen LogP contribution is -2.38. The molecule has 1 saturated heterocycles. The Morgan fingerprint density at radius 2 is 2.37 bits per heavy atom. The van der Waals surface area contributed by atoms with Crippen LogP contribution in [0.3, 0.4) is 0 Å². The zero-order valence-electron chi connectivity index (χ0n) is 11.4. The Bertz CT molecular complexity index is 489. The van der Waals surface area contributed by atoms with E-state index in [-0.39, 0.29) is 18.6 Å². The molecule has 5 nitrogen and oxygen atoms in total. The highest BCUT2D eigenvalue weighted by Gasteiger charge is 2.53. The van der Waals surface area contributed by atoms with Crippen molar-refractivity contribution in [3.63, 3.8) is 0 Å². The van der Waals surface area contributed by atoms with E-state index in [1.165, 1.54) is 0 Å². The number of ether oxygens (including phenoxy) is 1. The standard InChI is InChI=1S/C14H18N2O3/c1-4-19-13(18)14(2)8-11(16(3)12(14)17)10-6-5-7-15-9-10/h5-7,9,11H,4,8H2,1-3H3/t11-,14?/m0/s1. The normalized spacial score (nSPS) is 26.6. The van der Waals surface area contributed by atoms with Gasteiger partial charge in [0, 0.05) is 19.4 Å². The van der Waals surface area contributed by atoms with Crippen molar-refractivity contribution in [3.8, 4) is 0 Å². The topological polar surface area (TPSA) is 59.5 Å². The summed E-state index contributed by atoms with van der Waals surface area (Å²) < 4.78 is 5.03. The first-order valence-corrected chi connectivity index (χ1v) is 6.35. The lowest BCUT2D eigenvalue weighted by atomic mass is 9.86. The number of carbonyl (C=O) groups is 2. The monoisotopic (exact) mass is 262 g/mol. The molecule has 19 heavy (non-hydrogen) atoms. The van der Waals surface area contributed by atoms with Gasteiger partial charge in [-0.2, -0.15) is 0 Å². The van der Waals surface area contributed by atoms with Crippen molar-refractivity contribution < 1.29 is 14.3 Å². The van der Waals surface area contributed by atoms with Gasteiger partial charge in [0.25, 0.3) is 0 Å². The van der Waals surface area contributed by atoms with E-state index in [4.69, 9.17) is 4.74 Å². The third-order valence-corrected chi connectivity index (χ3v) is 3.66. The van der Waals surface area contributed by atoms with Crippen LogP contribution in [0.2, 0.25) is 0 Å². The highest BCUT2D eigenvalue weighted by atomic mass is 16.5. The zero-order chi connectivity index (χ0) is 14.0. The molecule has 2 atom stereocenters. The number of pyridine rings is 1. The minimum atomic E-state index is -1.09. The van der Waals surface area contributed by atoms with Gasteiger partial charge in [-0.1, -0.05) is 6.07 Å². The fourth-order valence-electron chi connectivity index (χ4n) is 2.52. The lowest BCUT2D eigenvalue weighted by Gasteiger charge is -2.19. The summed E-state index contributed by atoms with van der Waals surface area (Å²) in [5.74, 6) is -0.641. The Hall–Kier alpha value is -1.91. The number of amides is 1. The SMILES string of the molecule is CCOC(=O)C1(C)C[C@@H](c2cccnc2)N(C)C1=O. The van der Waals surface area contributed by atoms with Crippen LogP contribution in [-0.2, 0) is 14.3 Å². The number of nitrogens with zero attached hydrogens (tertiary/aromatic N) is 2. The average molecular weight is 262 g/mol. The molecule has 0 radical (unpaired) electrons. The molecule has 0 aliphatic carbocycles. The van der Waals surface area contributed by atoms with Crippen LogP contribution < -0.4 is 0 Å². The van der Waals surface area contributed by atoms with Crippen molar-refractivity contribution >= 4 is 11.9 Å². The van der Waals surface area contributed by atoms with E-state index in [2.05, 4.69) is 4.98 Å². The molecule has 2 rings (SSSR count). The van der Waals surface area contributed by atoms with Crippen molar-refractivity contribution in [2.75, 3.05) is 13.7 Å². The summed E-state index contributed by atoms with van der Waals surface area (Å²) in [4.78, 5) is 30.0. The number of hydrogen-bond acceptors (Lipinski definition) is 4. The summed E-state index contributed by atoms with van der Waals surface area (Å²) in [7, 11) is 1.71. The third-order valence-electron chi connectivity index (χ3n) is 3.66. The largest absolute Gasteiger partial charge is 0.465 e. The van der Waals surface area contributed by atoms with Crippen molar-refractivity contribution in [1.82, 2.24) is 9.88 Å². The summed E-state index contributed by atoms with van der Waals surface area (Å²) in [6.45, 7) is 3.67. The first kappa shape index (κ1) is 13.5. The van der Waals surface area contributed by atoms with Crippen LogP contribution in [0.15, 0.2) is 24.5 Å². The minimum Gasteiger partial charge on any atom is -0.465 e. The van der Waals surface area contributed by atoms with Gasteiger partial charge in [-0.3, -0.25) is 14.6 Å². The number of aromatic nitrogens is 1. The van der Waals surface area contributed by atoms with E-state index < -0.39 is 11.4 Å². The van der Waals surface area contributed by atoms with Gasteiger partial charge in [-0.15, -0.1) is 0 Å². The highest BCUT2D eigenvalue weighted by Crippen LogP contribution is 2.43. The van der Waals surface area contributed by atoms with E-state index in [0.29, 0.717) is 6.42 Å². The third kappa shape index (κ3) is 2.20. The molecule has 1 aliphatic heterocycles. The molecule has 0 N–H and O–H groups in total. The van der Waals surface area contributed by atoms with Crippen LogP contribution in [0.1, 0.15) is 31.9 Å². The van der Waals surface area contributed by atoms with Crippen molar-refractivity contribution in [2.45, 2.75) is 26.3 Å². The number of rotatable bonds is 3. The molecule has 1 aromatic rings. The molecule has 0 bridgehead atoms. The van der Waals surface area contributed by atoms with Crippen molar-refractivity contribution in [1.29, 1.82) is 0 Å². The number of hydrogen-bond donors (Lipinski definition) is 0. The molecule has 1 unspecified atom stereocenters. The Balaban J connectivity index is 2.29. The molecular formula is C14H18N2O3. The zero-order valence-corrected chi connectivity index (χ0v) is 11.4. The molecule has 1 aromatic heterocycles. The van der Waals surface area contributed by atoms with Crippen molar-refractivity contribution in [2.24, 2.45) is 5.41 Å². The van der Waals surface area contributed by atoms with Gasteiger partial charge in [-0.25, -0.2) is 0 Å². The molecule has 0 aromatic carbocycles. The van der Waals surface area contributed by atoms with E-state index in [1.807, 2.05) is 12.1 Å².